The van der Waals surface area contributed by atoms with Crippen LogP contribution in [0.5, 0.6) is 0 Å². The van der Waals surface area contributed by atoms with Gasteiger partial charge in [-0.1, -0.05) is 51.1 Å². The Balaban J connectivity index is 0.958. The van der Waals surface area contributed by atoms with Crippen molar-refractivity contribution in [2.75, 3.05) is 25.0 Å². The molecule has 37 heavy (non-hydrogen) atoms. The quantitative estimate of drug-likeness (QED) is 0.506. The number of amides is 2. The molecule has 4 heterocycles. The number of ether oxygens (including phenoxy) is 1. The minimum Gasteiger partial charge on any atom is -0.377 e. The molecule has 2 amide bonds. The Bertz CT molecular complexity index is 1280. The highest BCUT2D eigenvalue weighted by atomic mass is 32.2. The molecule has 6 unspecified atom stereocenters. The van der Waals surface area contributed by atoms with E-state index in [0.717, 1.165) is 17.1 Å². The van der Waals surface area contributed by atoms with Crippen molar-refractivity contribution in [2.45, 2.75) is 56.4 Å². The molecule has 7 rings (SSSR count). The van der Waals surface area contributed by atoms with Crippen LogP contribution >= 0.6 is 11.8 Å². The standard InChI is InChI=1S/C29H33FN4O2S/c1-17-23-20-6-4-5-7-21(20)32-29(17,23)16-31-26-24(36-26)25-28(2,3)14-22(37-25)34-13-12-33(27(34)35)15-18-8-10-19(30)11-9-18/h4-11,14,17,23-26,31-32H,12-13,15-16H2,1-3H3. The van der Waals surface area contributed by atoms with Gasteiger partial charge in [0.2, 0.25) is 0 Å². The molecule has 4 aliphatic heterocycles. The van der Waals surface area contributed by atoms with Gasteiger partial charge in [0, 0.05) is 48.4 Å². The van der Waals surface area contributed by atoms with Crippen molar-refractivity contribution in [3.8, 4) is 0 Å². The van der Waals surface area contributed by atoms with Crippen molar-refractivity contribution < 1.29 is 13.9 Å². The lowest BCUT2D eigenvalue weighted by atomic mass is 9.87. The van der Waals surface area contributed by atoms with E-state index in [2.05, 4.69) is 61.7 Å². The number of allylic oxidation sites excluding steroid dienone is 1. The molecular formula is C29H33FN4O2S. The summed E-state index contributed by atoms with van der Waals surface area (Å²) < 4.78 is 19.4. The van der Waals surface area contributed by atoms with Crippen LogP contribution in [0.2, 0.25) is 0 Å². The highest BCUT2D eigenvalue weighted by molar-refractivity contribution is 8.04. The average molecular weight is 521 g/mol. The van der Waals surface area contributed by atoms with Crippen molar-refractivity contribution in [2.24, 2.45) is 11.3 Å². The van der Waals surface area contributed by atoms with Gasteiger partial charge in [0.1, 0.15) is 18.1 Å². The van der Waals surface area contributed by atoms with Crippen molar-refractivity contribution >= 4 is 23.5 Å². The first-order valence-corrected chi connectivity index (χ1v) is 14.1. The van der Waals surface area contributed by atoms with Crippen LogP contribution in [0.1, 0.15) is 37.8 Å². The predicted molar refractivity (Wildman–Crippen MR) is 144 cm³/mol. The summed E-state index contributed by atoms with van der Waals surface area (Å²) in [6, 6.07) is 15.1. The molecule has 6 atom stereocenters. The van der Waals surface area contributed by atoms with E-state index in [9.17, 15) is 9.18 Å². The number of thioether (sulfide) groups is 1. The topological polar surface area (TPSA) is 60.1 Å². The van der Waals surface area contributed by atoms with Crippen LogP contribution in [-0.4, -0.2) is 58.6 Å². The number of hydrogen-bond acceptors (Lipinski definition) is 5. The first-order chi connectivity index (χ1) is 17.8. The van der Waals surface area contributed by atoms with Crippen LogP contribution in [0.25, 0.3) is 0 Å². The lowest BCUT2D eigenvalue weighted by molar-refractivity contribution is 0.200. The number of halogens is 1. The molecule has 1 aliphatic carbocycles. The van der Waals surface area contributed by atoms with E-state index in [1.54, 1.807) is 23.9 Å². The fourth-order valence-corrected chi connectivity index (χ4v) is 8.34. The molecule has 194 valence electrons. The fourth-order valence-electron chi connectivity index (χ4n) is 6.70. The lowest BCUT2D eigenvalue weighted by Crippen LogP contribution is -2.39. The van der Waals surface area contributed by atoms with Gasteiger partial charge in [0.25, 0.3) is 0 Å². The fraction of sp³-hybridized carbons (Fsp3) is 0.483. The summed E-state index contributed by atoms with van der Waals surface area (Å²) in [5.41, 5.74) is 3.66. The van der Waals surface area contributed by atoms with Crippen LogP contribution in [0.4, 0.5) is 14.9 Å². The molecule has 0 radical (unpaired) electrons. The summed E-state index contributed by atoms with van der Waals surface area (Å²) in [4.78, 5) is 17.0. The number of para-hydroxylation sites is 1. The zero-order valence-corrected chi connectivity index (χ0v) is 22.2. The van der Waals surface area contributed by atoms with Crippen LogP contribution in [0.15, 0.2) is 59.6 Å². The monoisotopic (exact) mass is 520 g/mol. The van der Waals surface area contributed by atoms with Gasteiger partial charge in [0.15, 0.2) is 0 Å². The highest BCUT2D eigenvalue weighted by Gasteiger charge is 2.67. The zero-order valence-electron chi connectivity index (χ0n) is 21.4. The van der Waals surface area contributed by atoms with Crippen molar-refractivity contribution in [1.82, 2.24) is 15.1 Å². The van der Waals surface area contributed by atoms with Gasteiger partial charge in [-0.3, -0.25) is 10.2 Å². The summed E-state index contributed by atoms with van der Waals surface area (Å²) in [6.45, 7) is 9.52. The van der Waals surface area contributed by atoms with Crippen molar-refractivity contribution in [3.05, 3.63) is 76.6 Å². The Labute approximate surface area is 221 Å². The van der Waals surface area contributed by atoms with Gasteiger partial charge in [-0.25, -0.2) is 9.18 Å². The van der Waals surface area contributed by atoms with E-state index in [1.807, 2.05) is 9.80 Å². The smallest absolute Gasteiger partial charge is 0.325 e. The summed E-state index contributed by atoms with van der Waals surface area (Å²) in [5, 5.41) is 8.77. The third-order valence-corrected chi connectivity index (χ3v) is 10.7. The van der Waals surface area contributed by atoms with E-state index in [-0.39, 0.29) is 40.4 Å². The van der Waals surface area contributed by atoms with Gasteiger partial charge in [-0.05, 0) is 41.3 Å². The largest absolute Gasteiger partial charge is 0.377 e. The maximum absolute atomic E-state index is 13.3. The number of epoxide rings is 1. The Morgan fingerprint density at radius 3 is 2.76 bits per heavy atom. The van der Waals surface area contributed by atoms with E-state index in [1.165, 1.54) is 23.4 Å². The second-order valence-electron chi connectivity index (χ2n) is 11.7. The average Bonchev–Trinajstić information content (AvgIpc) is 3.58. The van der Waals surface area contributed by atoms with Crippen molar-refractivity contribution in [3.63, 3.8) is 0 Å². The first kappa shape index (κ1) is 23.6. The molecule has 0 spiro atoms. The number of hydrogen-bond donors (Lipinski definition) is 2. The number of urea groups is 1. The number of fused-ring (bicyclic) bond motifs is 3. The first-order valence-electron chi connectivity index (χ1n) is 13.2. The van der Waals surface area contributed by atoms with Crippen LogP contribution in [0, 0.1) is 17.2 Å². The number of benzene rings is 2. The van der Waals surface area contributed by atoms with E-state index >= 15 is 0 Å². The molecule has 0 bridgehead atoms. The number of nitrogens with one attached hydrogen (secondary N) is 2. The highest BCUT2D eigenvalue weighted by Crippen LogP contribution is 2.65. The molecule has 2 saturated heterocycles. The predicted octanol–water partition coefficient (Wildman–Crippen LogP) is 4.96. The second-order valence-corrected chi connectivity index (χ2v) is 12.9. The van der Waals surface area contributed by atoms with Crippen molar-refractivity contribution in [1.29, 1.82) is 0 Å². The summed E-state index contributed by atoms with van der Waals surface area (Å²) in [6.07, 6.45) is 2.41. The third-order valence-electron chi connectivity index (χ3n) is 8.97. The van der Waals surface area contributed by atoms with Gasteiger partial charge < -0.3 is 15.0 Å². The van der Waals surface area contributed by atoms with Gasteiger partial charge in [0.05, 0.1) is 10.6 Å². The molecule has 2 aromatic carbocycles. The Kier molecular flexibility index (Phi) is 5.24. The summed E-state index contributed by atoms with van der Waals surface area (Å²) in [5.74, 6) is 0.916. The van der Waals surface area contributed by atoms with Gasteiger partial charge >= 0.3 is 6.03 Å². The minimum absolute atomic E-state index is 0.0191. The molecule has 1 saturated carbocycles. The Morgan fingerprint density at radius 1 is 1.16 bits per heavy atom. The van der Waals surface area contributed by atoms with Gasteiger partial charge in [-0.2, -0.15) is 0 Å². The van der Waals surface area contributed by atoms with E-state index < -0.39 is 0 Å². The number of rotatable bonds is 7. The molecule has 6 nitrogen and oxygen atoms in total. The van der Waals surface area contributed by atoms with E-state index in [0.29, 0.717) is 31.5 Å². The molecule has 3 fully saturated rings. The Hall–Kier alpha value is -2.55. The number of carbonyl (C=O) groups excluding carboxylic acids is 1. The molecule has 5 aliphatic rings. The molecule has 2 aromatic rings. The third kappa shape index (κ3) is 3.79. The summed E-state index contributed by atoms with van der Waals surface area (Å²) >= 11 is 1.77. The summed E-state index contributed by atoms with van der Waals surface area (Å²) in [7, 11) is 0. The minimum atomic E-state index is -0.260. The molecule has 2 N–H and O–H groups in total. The van der Waals surface area contributed by atoms with E-state index in [4.69, 9.17) is 4.74 Å². The zero-order chi connectivity index (χ0) is 25.5. The maximum Gasteiger partial charge on any atom is 0.325 e. The number of anilines is 1. The van der Waals surface area contributed by atoms with Crippen LogP contribution in [0.3, 0.4) is 0 Å². The van der Waals surface area contributed by atoms with Crippen LogP contribution in [-0.2, 0) is 11.3 Å². The molecule has 0 aromatic heterocycles. The molecule has 8 heteroatoms. The Morgan fingerprint density at radius 2 is 1.95 bits per heavy atom. The van der Waals surface area contributed by atoms with Gasteiger partial charge in [-0.15, -0.1) is 11.8 Å². The number of nitrogens with zero attached hydrogens (tertiary/aromatic N) is 2. The number of carbonyl (C=O) groups is 1. The lowest BCUT2D eigenvalue weighted by Gasteiger charge is -2.24. The molecular weight excluding hydrogens is 487 g/mol. The van der Waals surface area contributed by atoms with Crippen LogP contribution < -0.4 is 10.6 Å². The second kappa shape index (κ2) is 8.22. The SMILES string of the molecule is CC1C2c3ccccc3NC12CNC1OC1C1SC(N2CCN(Cc3ccc(F)cc3)C2=O)=CC1(C)C. The maximum atomic E-state index is 13.3. The normalized spacial score (nSPS) is 34.8.